The zero-order valence-corrected chi connectivity index (χ0v) is 17.9. The van der Waals surface area contributed by atoms with Gasteiger partial charge in [-0.15, -0.1) is 0 Å². The maximum atomic E-state index is 12.9. The van der Waals surface area contributed by atoms with Crippen molar-refractivity contribution in [1.29, 1.82) is 0 Å². The van der Waals surface area contributed by atoms with Crippen LogP contribution in [0.1, 0.15) is 23.2 Å². The first-order chi connectivity index (χ1) is 15.0. The van der Waals surface area contributed by atoms with E-state index in [2.05, 4.69) is 10.2 Å². The number of carbonyl (C=O) groups is 1. The zero-order chi connectivity index (χ0) is 21.4. The highest BCUT2D eigenvalue weighted by atomic mass is 32.2. The Morgan fingerprint density at radius 1 is 0.935 bits per heavy atom. The van der Waals surface area contributed by atoms with Crippen molar-refractivity contribution in [1.82, 2.24) is 14.6 Å². The van der Waals surface area contributed by atoms with Crippen LogP contribution in [0.4, 0.5) is 5.82 Å². The highest BCUT2D eigenvalue weighted by Gasteiger charge is 2.30. The number of sulfonamides is 1. The van der Waals surface area contributed by atoms with Crippen LogP contribution >= 0.6 is 0 Å². The normalized spacial score (nSPS) is 17.6. The van der Waals surface area contributed by atoms with Gasteiger partial charge in [-0.25, -0.2) is 13.4 Å². The lowest BCUT2D eigenvalue weighted by Gasteiger charge is -2.35. The quantitative estimate of drug-likeness (QED) is 0.665. The van der Waals surface area contributed by atoms with Crippen molar-refractivity contribution in [3.63, 3.8) is 0 Å². The first-order valence-electron chi connectivity index (χ1n) is 10.5. The Morgan fingerprint density at radius 3 is 2.32 bits per heavy atom. The van der Waals surface area contributed by atoms with E-state index in [9.17, 15) is 13.2 Å². The Bertz CT molecular complexity index is 1220. The van der Waals surface area contributed by atoms with E-state index in [-0.39, 0.29) is 11.9 Å². The number of benzene rings is 2. The van der Waals surface area contributed by atoms with Crippen LogP contribution in [0.5, 0.6) is 0 Å². The monoisotopic (exact) mass is 436 g/mol. The van der Waals surface area contributed by atoms with Crippen LogP contribution in [0.15, 0.2) is 65.6 Å². The highest BCUT2D eigenvalue weighted by Crippen LogP contribution is 2.27. The molecule has 0 atom stereocenters. The van der Waals surface area contributed by atoms with Crippen LogP contribution in [-0.2, 0) is 10.0 Å². The number of piperazine rings is 1. The number of nitrogens with one attached hydrogen (secondary N) is 1. The number of para-hydroxylation sites is 1. The van der Waals surface area contributed by atoms with Crippen molar-refractivity contribution in [3.8, 4) is 0 Å². The molecule has 3 aromatic rings. The van der Waals surface area contributed by atoms with E-state index in [4.69, 9.17) is 4.98 Å². The predicted octanol–water partition coefficient (Wildman–Crippen LogP) is 2.64. The summed E-state index contributed by atoms with van der Waals surface area (Å²) in [5.74, 6) is 0.629. The number of rotatable bonds is 5. The molecule has 1 aliphatic heterocycles. The molecule has 2 fully saturated rings. The van der Waals surface area contributed by atoms with Crippen LogP contribution in [0.2, 0.25) is 0 Å². The fourth-order valence-corrected chi connectivity index (χ4v) is 5.34. The summed E-state index contributed by atoms with van der Waals surface area (Å²) in [6, 6.07) is 18.3. The zero-order valence-electron chi connectivity index (χ0n) is 17.1. The summed E-state index contributed by atoms with van der Waals surface area (Å²) in [5.41, 5.74) is 1.38. The molecule has 160 valence electrons. The van der Waals surface area contributed by atoms with E-state index in [0.717, 1.165) is 23.7 Å². The summed E-state index contributed by atoms with van der Waals surface area (Å²) >= 11 is 0. The molecule has 2 aliphatic rings. The number of aromatic nitrogens is 1. The fourth-order valence-electron chi connectivity index (χ4n) is 3.90. The van der Waals surface area contributed by atoms with Crippen molar-refractivity contribution < 1.29 is 13.2 Å². The molecule has 2 aromatic carbocycles. The van der Waals surface area contributed by atoms with Gasteiger partial charge in [0.2, 0.25) is 10.0 Å². The maximum absolute atomic E-state index is 12.9. The number of nitrogens with zero attached hydrogens (tertiary/aromatic N) is 3. The van der Waals surface area contributed by atoms with Gasteiger partial charge in [0.05, 0.1) is 16.0 Å². The van der Waals surface area contributed by atoms with Gasteiger partial charge in [0, 0.05) is 37.6 Å². The highest BCUT2D eigenvalue weighted by molar-refractivity contribution is 7.89. The third-order valence-electron chi connectivity index (χ3n) is 5.80. The average Bonchev–Trinajstić information content (AvgIpc) is 3.63. The van der Waals surface area contributed by atoms with Crippen LogP contribution in [0, 0.1) is 0 Å². The van der Waals surface area contributed by atoms with Gasteiger partial charge in [-0.2, -0.15) is 4.31 Å². The van der Waals surface area contributed by atoms with Crippen molar-refractivity contribution in [2.24, 2.45) is 0 Å². The summed E-state index contributed by atoms with van der Waals surface area (Å²) in [6.45, 7) is 1.77. The van der Waals surface area contributed by atoms with Gasteiger partial charge in [-0.1, -0.05) is 36.4 Å². The third kappa shape index (κ3) is 4.00. The van der Waals surface area contributed by atoms with Crippen molar-refractivity contribution in [2.75, 3.05) is 31.1 Å². The average molecular weight is 437 g/mol. The molecular formula is C23H24N4O3S. The molecule has 0 spiro atoms. The molecule has 1 saturated heterocycles. The Balaban J connectivity index is 1.39. The fraction of sp³-hybridized carbons (Fsp3) is 0.304. The standard InChI is InChI=1S/C23H24N4O3S/c28-23(24-17-10-11-17)20-16-22(25-21-9-5-4-8-19(20)21)26-12-14-27(15-13-26)31(29,30)18-6-2-1-3-7-18/h1-9,16-17H,10-15H2,(H,24,28). The molecular weight excluding hydrogens is 412 g/mol. The van der Waals surface area contributed by atoms with E-state index in [0.29, 0.717) is 42.5 Å². The van der Waals surface area contributed by atoms with E-state index >= 15 is 0 Å². The minimum atomic E-state index is -3.51. The van der Waals surface area contributed by atoms with Gasteiger partial charge in [-0.3, -0.25) is 4.79 Å². The molecule has 0 radical (unpaired) electrons. The van der Waals surface area contributed by atoms with Crippen LogP contribution in [0.3, 0.4) is 0 Å². The number of amides is 1. The first-order valence-corrected chi connectivity index (χ1v) is 12.0. The summed E-state index contributed by atoms with van der Waals surface area (Å²) in [7, 11) is -3.51. The van der Waals surface area contributed by atoms with Crippen molar-refractivity contribution in [3.05, 3.63) is 66.2 Å². The lowest BCUT2D eigenvalue weighted by atomic mass is 10.1. The molecule has 7 nitrogen and oxygen atoms in total. The number of fused-ring (bicyclic) bond motifs is 1. The Hall–Kier alpha value is -2.97. The van der Waals surface area contributed by atoms with E-state index < -0.39 is 10.0 Å². The SMILES string of the molecule is O=C(NC1CC1)c1cc(N2CCN(S(=O)(=O)c3ccccc3)CC2)nc2ccccc12. The molecule has 1 aliphatic carbocycles. The van der Waals surface area contributed by atoms with Gasteiger partial charge in [0.25, 0.3) is 5.91 Å². The van der Waals surface area contributed by atoms with E-state index in [1.165, 1.54) is 4.31 Å². The predicted molar refractivity (Wildman–Crippen MR) is 120 cm³/mol. The van der Waals surface area contributed by atoms with E-state index in [1.807, 2.05) is 30.3 Å². The van der Waals surface area contributed by atoms with Crippen LogP contribution < -0.4 is 10.2 Å². The van der Waals surface area contributed by atoms with Gasteiger partial charge in [0.15, 0.2) is 0 Å². The van der Waals surface area contributed by atoms with Gasteiger partial charge in [-0.05, 0) is 37.1 Å². The molecule has 2 heterocycles. The summed E-state index contributed by atoms with van der Waals surface area (Å²) in [4.78, 5) is 20.0. The molecule has 0 bridgehead atoms. The summed E-state index contributed by atoms with van der Waals surface area (Å²) in [5, 5.41) is 3.89. The molecule has 0 unspecified atom stereocenters. The second-order valence-electron chi connectivity index (χ2n) is 8.00. The van der Waals surface area contributed by atoms with Crippen molar-refractivity contribution in [2.45, 2.75) is 23.8 Å². The molecule has 8 heteroatoms. The van der Waals surface area contributed by atoms with E-state index in [1.54, 1.807) is 30.3 Å². The molecule has 1 N–H and O–H groups in total. The largest absolute Gasteiger partial charge is 0.354 e. The number of anilines is 1. The molecule has 1 saturated carbocycles. The Kier molecular flexibility index (Phi) is 5.11. The maximum Gasteiger partial charge on any atom is 0.252 e. The summed E-state index contributed by atoms with van der Waals surface area (Å²) < 4.78 is 27.3. The first kappa shape index (κ1) is 20.0. The third-order valence-corrected chi connectivity index (χ3v) is 7.72. The van der Waals surface area contributed by atoms with Gasteiger partial charge < -0.3 is 10.2 Å². The lowest BCUT2D eigenvalue weighted by Crippen LogP contribution is -2.49. The summed E-state index contributed by atoms with van der Waals surface area (Å²) in [6.07, 6.45) is 2.05. The van der Waals surface area contributed by atoms with Gasteiger partial charge in [0.1, 0.15) is 5.82 Å². The molecule has 1 amide bonds. The number of pyridine rings is 1. The molecule has 31 heavy (non-hydrogen) atoms. The Labute approximate surface area is 181 Å². The lowest BCUT2D eigenvalue weighted by molar-refractivity contribution is 0.0952. The minimum Gasteiger partial charge on any atom is -0.354 e. The molecule has 5 rings (SSSR count). The van der Waals surface area contributed by atoms with Crippen molar-refractivity contribution >= 4 is 32.7 Å². The van der Waals surface area contributed by atoms with Gasteiger partial charge >= 0.3 is 0 Å². The number of hydrogen-bond donors (Lipinski definition) is 1. The number of hydrogen-bond acceptors (Lipinski definition) is 5. The second kappa shape index (κ2) is 7.94. The van der Waals surface area contributed by atoms with Crippen LogP contribution in [0.25, 0.3) is 10.9 Å². The minimum absolute atomic E-state index is 0.0763. The Morgan fingerprint density at radius 2 is 1.61 bits per heavy atom. The topological polar surface area (TPSA) is 82.6 Å². The second-order valence-corrected chi connectivity index (χ2v) is 9.94. The molecule has 1 aromatic heterocycles. The number of carbonyl (C=O) groups excluding carboxylic acids is 1. The smallest absolute Gasteiger partial charge is 0.252 e. The van der Waals surface area contributed by atoms with Crippen LogP contribution in [-0.4, -0.2) is 55.8 Å².